The van der Waals surface area contributed by atoms with E-state index >= 15 is 0 Å². The Labute approximate surface area is 124 Å². The van der Waals surface area contributed by atoms with Crippen molar-refractivity contribution in [2.45, 2.75) is 36.9 Å². The van der Waals surface area contributed by atoms with Gasteiger partial charge >= 0.3 is 5.97 Å². The maximum Gasteiger partial charge on any atom is 0.338 e. The lowest BCUT2D eigenvalue weighted by Gasteiger charge is -2.37. The molecule has 1 aliphatic rings. The molecule has 0 bridgehead atoms. The Kier molecular flexibility index (Phi) is 4.42. The summed E-state index contributed by atoms with van der Waals surface area (Å²) in [7, 11) is 0. The lowest BCUT2D eigenvalue weighted by atomic mass is 9.87. The second-order valence-corrected chi connectivity index (χ2v) is 5.08. The number of ether oxygens (including phenoxy) is 1. The average molecular weight is 316 g/mol. The van der Waals surface area contributed by atoms with Crippen molar-refractivity contribution in [3.05, 3.63) is 17.7 Å². The molecule has 7 N–H and O–H groups in total. The van der Waals surface area contributed by atoms with Crippen LogP contribution >= 0.6 is 0 Å². The molecular formula is C13H16O9. The predicted octanol–water partition coefficient (Wildman–Crippen LogP) is -1.82. The highest BCUT2D eigenvalue weighted by Gasteiger charge is 2.44. The number of phenols is 3. The van der Waals surface area contributed by atoms with Gasteiger partial charge in [0.25, 0.3) is 0 Å². The van der Waals surface area contributed by atoms with Crippen LogP contribution in [0.25, 0.3) is 0 Å². The van der Waals surface area contributed by atoms with Crippen LogP contribution in [0, 0.1) is 0 Å². The Bertz CT molecular complexity index is 550. The van der Waals surface area contributed by atoms with Crippen molar-refractivity contribution >= 4 is 5.97 Å². The number of hydrogen-bond donors (Lipinski definition) is 7. The highest BCUT2D eigenvalue weighted by atomic mass is 16.6. The van der Waals surface area contributed by atoms with Crippen LogP contribution in [0.5, 0.6) is 17.2 Å². The molecule has 2 rings (SSSR count). The second kappa shape index (κ2) is 5.97. The molecule has 9 nitrogen and oxygen atoms in total. The molecule has 1 aliphatic carbocycles. The zero-order valence-electron chi connectivity index (χ0n) is 11.2. The SMILES string of the molecule is O=C(O[C@@H]1C[C@@H](O)[C@H](O)[C@@H](O)[C@H]1O)c1cc(O)c(O)c(O)c1. The van der Waals surface area contributed by atoms with E-state index in [-0.39, 0.29) is 12.0 Å². The number of phenolic OH excluding ortho intramolecular Hbond substituents is 3. The van der Waals surface area contributed by atoms with Gasteiger partial charge in [0.15, 0.2) is 17.2 Å². The number of aliphatic hydroxyl groups excluding tert-OH is 4. The smallest absolute Gasteiger partial charge is 0.338 e. The van der Waals surface area contributed by atoms with Gasteiger partial charge in [-0.25, -0.2) is 4.79 Å². The van der Waals surface area contributed by atoms with Crippen molar-refractivity contribution in [3.8, 4) is 17.2 Å². The third-order valence-corrected chi connectivity index (χ3v) is 3.51. The minimum Gasteiger partial charge on any atom is -0.504 e. The van der Waals surface area contributed by atoms with Gasteiger partial charge in [0, 0.05) is 6.42 Å². The number of rotatable bonds is 2. The summed E-state index contributed by atoms with van der Waals surface area (Å²) < 4.78 is 4.90. The number of carbonyl (C=O) groups is 1. The molecular weight excluding hydrogens is 300 g/mol. The summed E-state index contributed by atoms with van der Waals surface area (Å²) in [6.07, 6.45) is -7.85. The Morgan fingerprint density at radius 1 is 0.955 bits per heavy atom. The molecule has 0 aromatic heterocycles. The molecule has 0 radical (unpaired) electrons. The number of esters is 1. The Balaban J connectivity index is 2.15. The fourth-order valence-electron chi connectivity index (χ4n) is 2.21. The number of carbonyl (C=O) groups excluding carboxylic acids is 1. The van der Waals surface area contributed by atoms with Gasteiger partial charge in [0.1, 0.15) is 24.4 Å². The van der Waals surface area contributed by atoms with Crippen molar-refractivity contribution in [3.63, 3.8) is 0 Å². The van der Waals surface area contributed by atoms with Gasteiger partial charge in [-0.05, 0) is 12.1 Å². The van der Waals surface area contributed by atoms with Crippen LogP contribution in [0.1, 0.15) is 16.8 Å². The minimum absolute atomic E-state index is 0.304. The van der Waals surface area contributed by atoms with Crippen LogP contribution in [0.4, 0.5) is 0 Å². The molecule has 1 saturated carbocycles. The molecule has 9 heteroatoms. The van der Waals surface area contributed by atoms with Crippen LogP contribution in [0.3, 0.4) is 0 Å². The summed E-state index contributed by atoms with van der Waals surface area (Å²) in [6.45, 7) is 0. The first-order valence-corrected chi connectivity index (χ1v) is 6.40. The van der Waals surface area contributed by atoms with E-state index in [0.29, 0.717) is 0 Å². The van der Waals surface area contributed by atoms with Crippen molar-refractivity contribution in [1.82, 2.24) is 0 Å². The van der Waals surface area contributed by atoms with E-state index in [0.717, 1.165) is 12.1 Å². The summed E-state index contributed by atoms with van der Waals surface area (Å²) in [6, 6.07) is 1.68. The van der Waals surface area contributed by atoms with Crippen LogP contribution in [0.15, 0.2) is 12.1 Å². The molecule has 122 valence electrons. The molecule has 0 amide bonds. The predicted molar refractivity (Wildman–Crippen MR) is 69.3 cm³/mol. The van der Waals surface area contributed by atoms with Crippen LogP contribution in [-0.4, -0.2) is 72.2 Å². The Hall–Kier alpha value is -2.07. The van der Waals surface area contributed by atoms with E-state index in [4.69, 9.17) is 4.74 Å². The first kappa shape index (κ1) is 16.3. The monoisotopic (exact) mass is 316 g/mol. The molecule has 22 heavy (non-hydrogen) atoms. The lowest BCUT2D eigenvalue weighted by molar-refractivity contribution is -0.177. The maximum atomic E-state index is 11.9. The summed E-state index contributed by atoms with van der Waals surface area (Å²) in [5, 5.41) is 66.0. The quantitative estimate of drug-likeness (QED) is 0.245. The fourth-order valence-corrected chi connectivity index (χ4v) is 2.21. The largest absolute Gasteiger partial charge is 0.504 e. The molecule has 1 fully saturated rings. The number of aliphatic hydroxyl groups is 4. The molecule has 0 unspecified atom stereocenters. The number of hydrogen-bond acceptors (Lipinski definition) is 9. The zero-order valence-corrected chi connectivity index (χ0v) is 11.2. The van der Waals surface area contributed by atoms with Gasteiger partial charge in [0.05, 0.1) is 11.7 Å². The third-order valence-electron chi connectivity index (χ3n) is 3.51. The van der Waals surface area contributed by atoms with Crippen LogP contribution < -0.4 is 0 Å². The summed E-state index contributed by atoms with van der Waals surface area (Å²) in [5.74, 6) is -3.35. The van der Waals surface area contributed by atoms with E-state index in [2.05, 4.69) is 0 Å². The summed E-state index contributed by atoms with van der Waals surface area (Å²) in [4.78, 5) is 11.9. The van der Waals surface area contributed by atoms with E-state index in [9.17, 15) is 40.5 Å². The number of benzene rings is 1. The van der Waals surface area contributed by atoms with Crippen molar-refractivity contribution < 1.29 is 45.3 Å². The molecule has 0 spiro atoms. The van der Waals surface area contributed by atoms with Gasteiger partial charge < -0.3 is 40.5 Å². The molecule has 0 heterocycles. The molecule has 5 atom stereocenters. The van der Waals surface area contributed by atoms with Crippen LogP contribution in [-0.2, 0) is 4.74 Å². The highest BCUT2D eigenvalue weighted by molar-refractivity contribution is 5.91. The first-order chi connectivity index (χ1) is 10.2. The zero-order chi connectivity index (χ0) is 16.6. The molecule has 0 aliphatic heterocycles. The summed E-state index contributed by atoms with van der Waals surface area (Å²) >= 11 is 0. The maximum absolute atomic E-state index is 11.9. The third kappa shape index (κ3) is 2.92. The lowest BCUT2D eigenvalue weighted by Crippen LogP contribution is -2.56. The number of aromatic hydroxyl groups is 3. The standard InChI is InChI=1S/C13H16O9/c14-5-1-4(2-6(15)9(5)17)13(21)22-8-3-7(16)10(18)12(20)11(8)19/h1-2,7-8,10-12,14-20H,3H2/t7-,8-,10+,11+,12-/m1/s1. The summed E-state index contributed by atoms with van der Waals surface area (Å²) in [5.41, 5.74) is -0.310. The topological polar surface area (TPSA) is 168 Å². The first-order valence-electron chi connectivity index (χ1n) is 6.40. The highest BCUT2D eigenvalue weighted by Crippen LogP contribution is 2.36. The second-order valence-electron chi connectivity index (χ2n) is 5.08. The molecule has 0 saturated heterocycles. The average Bonchev–Trinajstić information content (AvgIpc) is 2.47. The Morgan fingerprint density at radius 2 is 1.50 bits per heavy atom. The van der Waals surface area contributed by atoms with Gasteiger partial charge in [-0.15, -0.1) is 0 Å². The minimum atomic E-state index is -1.69. The van der Waals surface area contributed by atoms with Crippen molar-refractivity contribution in [1.29, 1.82) is 0 Å². The molecule has 1 aromatic rings. The van der Waals surface area contributed by atoms with Crippen molar-refractivity contribution in [2.24, 2.45) is 0 Å². The fraction of sp³-hybridized carbons (Fsp3) is 0.462. The van der Waals surface area contributed by atoms with Crippen LogP contribution in [0.2, 0.25) is 0 Å². The normalized spacial score (nSPS) is 31.7. The van der Waals surface area contributed by atoms with Gasteiger partial charge in [-0.2, -0.15) is 0 Å². The van der Waals surface area contributed by atoms with Gasteiger partial charge in [-0.3, -0.25) is 0 Å². The Morgan fingerprint density at radius 3 is 2.05 bits per heavy atom. The molecule has 1 aromatic carbocycles. The van der Waals surface area contributed by atoms with Crippen molar-refractivity contribution in [2.75, 3.05) is 0 Å². The van der Waals surface area contributed by atoms with E-state index < -0.39 is 53.7 Å². The van der Waals surface area contributed by atoms with E-state index in [1.807, 2.05) is 0 Å². The van der Waals surface area contributed by atoms with E-state index in [1.165, 1.54) is 0 Å². The van der Waals surface area contributed by atoms with Gasteiger partial charge in [-0.1, -0.05) is 0 Å². The van der Waals surface area contributed by atoms with E-state index in [1.54, 1.807) is 0 Å². The van der Waals surface area contributed by atoms with Gasteiger partial charge in [0.2, 0.25) is 0 Å².